The molecule has 2 aliphatic rings. The fourth-order valence-corrected chi connectivity index (χ4v) is 4.31. The summed E-state index contributed by atoms with van der Waals surface area (Å²) in [6.45, 7) is 2.45. The highest BCUT2D eigenvalue weighted by atomic mass is 32.2. The number of carbonyl (C=O) groups excluding carboxylic acids is 2. The van der Waals surface area contributed by atoms with Crippen LogP contribution in [0.25, 0.3) is 0 Å². The van der Waals surface area contributed by atoms with E-state index in [9.17, 15) is 9.59 Å². The van der Waals surface area contributed by atoms with E-state index < -0.39 is 0 Å². The third-order valence-corrected chi connectivity index (χ3v) is 6.15. The van der Waals surface area contributed by atoms with Crippen LogP contribution in [0.3, 0.4) is 0 Å². The van der Waals surface area contributed by atoms with Crippen molar-refractivity contribution in [2.24, 2.45) is 0 Å². The normalized spacial score (nSPS) is 18.9. The van der Waals surface area contributed by atoms with Gasteiger partial charge in [-0.1, -0.05) is 32.1 Å². The number of rotatable bonds is 4. The van der Waals surface area contributed by atoms with E-state index in [4.69, 9.17) is 4.74 Å². The first-order valence-electron chi connectivity index (χ1n) is 9.82. The Morgan fingerprint density at radius 1 is 1.00 bits per heavy atom. The van der Waals surface area contributed by atoms with Crippen LogP contribution in [0.2, 0.25) is 0 Å². The standard InChI is InChI=1S/C21H28N2O3S/c1-15-19(27-14-13-26-15)21(25)23-18-11-9-16(10-12-18)20(24)22-17-7-5-3-2-4-6-8-17/h9-12,17H,2-8,13-14H2,1H3,(H,22,24)(H,23,25). The van der Waals surface area contributed by atoms with E-state index in [0.29, 0.717) is 28.5 Å². The number of ether oxygens (including phenoxy) is 1. The molecule has 0 spiro atoms. The summed E-state index contributed by atoms with van der Waals surface area (Å²) in [5.41, 5.74) is 1.30. The second kappa shape index (κ2) is 9.83. The third-order valence-electron chi connectivity index (χ3n) is 5.02. The van der Waals surface area contributed by atoms with Gasteiger partial charge in [0, 0.05) is 23.0 Å². The van der Waals surface area contributed by atoms with Gasteiger partial charge in [0.15, 0.2) is 0 Å². The lowest BCUT2D eigenvalue weighted by atomic mass is 9.96. The molecule has 1 aromatic rings. The highest BCUT2D eigenvalue weighted by molar-refractivity contribution is 8.04. The van der Waals surface area contributed by atoms with Gasteiger partial charge in [0.05, 0.1) is 6.61 Å². The molecule has 27 heavy (non-hydrogen) atoms. The summed E-state index contributed by atoms with van der Waals surface area (Å²) in [6, 6.07) is 7.35. The van der Waals surface area contributed by atoms with Crippen molar-refractivity contribution in [2.45, 2.75) is 57.9 Å². The van der Waals surface area contributed by atoms with E-state index in [1.165, 1.54) is 43.9 Å². The van der Waals surface area contributed by atoms with Crippen molar-refractivity contribution < 1.29 is 14.3 Å². The quantitative estimate of drug-likeness (QED) is 0.799. The SMILES string of the molecule is CC1=C(C(=O)Nc2ccc(C(=O)NC3CCCCCCC3)cc2)SCCO1. The van der Waals surface area contributed by atoms with Crippen molar-refractivity contribution in [1.82, 2.24) is 5.32 Å². The second-order valence-corrected chi connectivity index (χ2v) is 8.23. The van der Waals surface area contributed by atoms with Gasteiger partial charge in [0.25, 0.3) is 11.8 Å². The minimum Gasteiger partial charge on any atom is -0.496 e. The lowest BCUT2D eigenvalue weighted by Crippen LogP contribution is -2.35. The maximum atomic E-state index is 12.5. The number of nitrogens with one attached hydrogen (secondary N) is 2. The summed E-state index contributed by atoms with van der Waals surface area (Å²) in [7, 11) is 0. The van der Waals surface area contributed by atoms with Crippen LogP contribution < -0.4 is 10.6 Å². The zero-order valence-electron chi connectivity index (χ0n) is 15.9. The Balaban J connectivity index is 1.56. The van der Waals surface area contributed by atoms with E-state index in [0.717, 1.165) is 18.6 Å². The average Bonchev–Trinajstić information content (AvgIpc) is 2.64. The molecule has 0 bridgehead atoms. The van der Waals surface area contributed by atoms with Gasteiger partial charge in [-0.2, -0.15) is 0 Å². The maximum Gasteiger partial charge on any atom is 0.265 e. The molecule has 146 valence electrons. The van der Waals surface area contributed by atoms with Crippen molar-refractivity contribution in [1.29, 1.82) is 0 Å². The summed E-state index contributed by atoms with van der Waals surface area (Å²) in [4.78, 5) is 25.5. The number of thioether (sulfide) groups is 1. The minimum absolute atomic E-state index is 0.0340. The van der Waals surface area contributed by atoms with E-state index >= 15 is 0 Å². The largest absolute Gasteiger partial charge is 0.496 e. The number of carbonyl (C=O) groups is 2. The van der Waals surface area contributed by atoms with Crippen LogP contribution in [-0.2, 0) is 9.53 Å². The molecule has 2 N–H and O–H groups in total. The van der Waals surface area contributed by atoms with Crippen molar-refractivity contribution in [2.75, 3.05) is 17.7 Å². The van der Waals surface area contributed by atoms with Crippen LogP contribution in [0.4, 0.5) is 5.69 Å². The van der Waals surface area contributed by atoms with Gasteiger partial charge >= 0.3 is 0 Å². The number of benzene rings is 1. The van der Waals surface area contributed by atoms with Crippen molar-refractivity contribution in [3.63, 3.8) is 0 Å². The lowest BCUT2D eigenvalue weighted by molar-refractivity contribution is -0.112. The number of amides is 2. The molecule has 1 heterocycles. The molecule has 1 aliphatic heterocycles. The van der Waals surface area contributed by atoms with Crippen molar-refractivity contribution in [3.05, 3.63) is 40.5 Å². The first-order valence-corrected chi connectivity index (χ1v) is 10.8. The first-order chi connectivity index (χ1) is 13.1. The highest BCUT2D eigenvalue weighted by Gasteiger charge is 2.19. The Bertz CT molecular complexity index is 692. The maximum absolute atomic E-state index is 12.5. The zero-order valence-corrected chi connectivity index (χ0v) is 16.7. The third kappa shape index (κ3) is 5.76. The van der Waals surface area contributed by atoms with Gasteiger partial charge in [0.1, 0.15) is 10.7 Å². The predicted octanol–water partition coefficient (Wildman–Crippen LogP) is 4.46. The molecule has 1 aromatic carbocycles. The lowest BCUT2D eigenvalue weighted by Gasteiger charge is -2.21. The van der Waals surface area contributed by atoms with Crippen molar-refractivity contribution in [3.8, 4) is 0 Å². The number of allylic oxidation sites excluding steroid dienone is 1. The zero-order chi connectivity index (χ0) is 19.1. The minimum atomic E-state index is -0.163. The monoisotopic (exact) mass is 388 g/mol. The first kappa shape index (κ1) is 19.8. The molecule has 2 amide bonds. The number of hydrogen-bond acceptors (Lipinski definition) is 4. The predicted molar refractivity (Wildman–Crippen MR) is 110 cm³/mol. The molecule has 5 nitrogen and oxygen atoms in total. The van der Waals surface area contributed by atoms with Gasteiger partial charge in [-0.3, -0.25) is 9.59 Å². The van der Waals surface area contributed by atoms with Crippen molar-refractivity contribution >= 4 is 29.3 Å². The Hall–Kier alpha value is -1.95. The smallest absolute Gasteiger partial charge is 0.265 e. The molecule has 1 aliphatic carbocycles. The summed E-state index contributed by atoms with van der Waals surface area (Å²) in [5.74, 6) is 1.25. The molecular weight excluding hydrogens is 360 g/mol. The van der Waals surface area contributed by atoms with Crippen LogP contribution in [0.5, 0.6) is 0 Å². The van der Waals surface area contributed by atoms with Gasteiger partial charge in [-0.25, -0.2) is 0 Å². The van der Waals surface area contributed by atoms with Crippen LogP contribution in [0.1, 0.15) is 62.2 Å². The van der Waals surface area contributed by atoms with Gasteiger partial charge in [-0.15, -0.1) is 11.8 Å². The molecule has 1 saturated carbocycles. The molecule has 0 atom stereocenters. The Labute approximate surface area is 165 Å². The molecule has 0 aromatic heterocycles. The molecule has 3 rings (SSSR count). The summed E-state index contributed by atoms with van der Waals surface area (Å²) < 4.78 is 5.43. The van der Waals surface area contributed by atoms with E-state index in [-0.39, 0.29) is 17.9 Å². The number of anilines is 1. The fraction of sp³-hybridized carbons (Fsp3) is 0.524. The summed E-state index contributed by atoms with van der Waals surface area (Å²) in [5, 5.41) is 6.04. The molecule has 0 radical (unpaired) electrons. The van der Waals surface area contributed by atoms with Crippen LogP contribution >= 0.6 is 11.8 Å². The number of hydrogen-bond donors (Lipinski definition) is 2. The molecule has 0 saturated heterocycles. The van der Waals surface area contributed by atoms with Crippen LogP contribution in [-0.4, -0.2) is 30.2 Å². The van der Waals surface area contributed by atoms with E-state index in [2.05, 4.69) is 10.6 Å². The van der Waals surface area contributed by atoms with Crippen LogP contribution in [0, 0.1) is 0 Å². The molecule has 6 heteroatoms. The fourth-order valence-electron chi connectivity index (χ4n) is 3.49. The molecular formula is C21H28N2O3S. The Morgan fingerprint density at radius 3 is 2.33 bits per heavy atom. The summed E-state index contributed by atoms with van der Waals surface area (Å²) >= 11 is 1.51. The van der Waals surface area contributed by atoms with Gasteiger partial charge in [0.2, 0.25) is 0 Å². The second-order valence-electron chi connectivity index (χ2n) is 7.13. The Morgan fingerprint density at radius 2 is 1.67 bits per heavy atom. The topological polar surface area (TPSA) is 67.4 Å². The van der Waals surface area contributed by atoms with E-state index in [1.54, 1.807) is 24.3 Å². The van der Waals surface area contributed by atoms with Crippen LogP contribution in [0.15, 0.2) is 34.9 Å². The molecule has 0 unspecified atom stereocenters. The van der Waals surface area contributed by atoms with Gasteiger partial charge < -0.3 is 15.4 Å². The van der Waals surface area contributed by atoms with E-state index in [1.807, 2.05) is 6.92 Å². The van der Waals surface area contributed by atoms with Gasteiger partial charge in [-0.05, 0) is 44.0 Å². The average molecular weight is 389 g/mol. The highest BCUT2D eigenvalue weighted by Crippen LogP contribution is 2.26. The Kier molecular flexibility index (Phi) is 7.21. The molecule has 1 fully saturated rings. The summed E-state index contributed by atoms with van der Waals surface area (Å²) in [6.07, 6.45) is 8.34.